The van der Waals surface area contributed by atoms with Gasteiger partial charge in [-0.25, -0.2) is 0 Å². The summed E-state index contributed by atoms with van der Waals surface area (Å²) >= 11 is 0. The van der Waals surface area contributed by atoms with Crippen LogP contribution in [0.3, 0.4) is 0 Å². The van der Waals surface area contributed by atoms with Crippen molar-refractivity contribution in [1.29, 1.82) is 0 Å². The molecule has 7 rings (SSSR count). The summed E-state index contributed by atoms with van der Waals surface area (Å²) in [5.74, 6) is 3.94. The fourth-order valence-corrected chi connectivity index (χ4v) is 15.7. The molecule has 2 aliphatic rings. The summed E-state index contributed by atoms with van der Waals surface area (Å²) in [6, 6.07) is 27.3. The predicted molar refractivity (Wildman–Crippen MR) is 332 cm³/mol. The van der Waals surface area contributed by atoms with Crippen LogP contribution in [0.2, 0.25) is 13.1 Å². The maximum absolute atomic E-state index is 7.60. The summed E-state index contributed by atoms with van der Waals surface area (Å²) in [6.07, 6.45) is 0. The molecule has 0 saturated heterocycles. The van der Waals surface area contributed by atoms with Crippen molar-refractivity contribution >= 4 is 30.7 Å². The molecule has 0 spiro atoms. The normalized spacial score (nSPS) is 18.9. The van der Waals surface area contributed by atoms with Crippen molar-refractivity contribution in [2.24, 2.45) is 0 Å². The molecule has 420 valence electrons. The van der Waals surface area contributed by atoms with Crippen molar-refractivity contribution in [2.45, 2.75) is 248 Å². The molecular formula is C68H98O6P2Si. The number of benzene rings is 5. The van der Waals surface area contributed by atoms with Gasteiger partial charge < -0.3 is 26.8 Å². The first-order valence-electron chi connectivity index (χ1n) is 28.3. The van der Waals surface area contributed by atoms with E-state index in [4.69, 9.17) is 26.8 Å². The van der Waals surface area contributed by atoms with Gasteiger partial charge in [-0.3, -0.25) is 0 Å². The van der Waals surface area contributed by atoms with E-state index >= 15 is 0 Å². The summed E-state index contributed by atoms with van der Waals surface area (Å²) in [6.45, 7) is 64.0. The van der Waals surface area contributed by atoms with Gasteiger partial charge in [0.1, 0.15) is 28.7 Å². The highest BCUT2D eigenvalue weighted by Gasteiger charge is 2.44. The Morgan fingerprint density at radius 2 is 0.623 bits per heavy atom. The molecule has 0 unspecified atom stereocenters. The fraction of sp³-hybridized carbons (Fsp3) is 0.559. The third-order valence-corrected chi connectivity index (χ3v) is 21.5. The van der Waals surface area contributed by atoms with Crippen molar-refractivity contribution in [1.82, 2.24) is 0 Å². The summed E-state index contributed by atoms with van der Waals surface area (Å²) in [5.41, 5.74) is 12.9. The Morgan fingerprint density at radius 1 is 0.364 bits per heavy atom. The van der Waals surface area contributed by atoms with Crippen LogP contribution in [-0.4, -0.2) is 8.32 Å². The molecule has 5 aromatic carbocycles. The van der Waals surface area contributed by atoms with Gasteiger partial charge in [0, 0.05) is 61.5 Å². The van der Waals surface area contributed by atoms with Gasteiger partial charge in [-0.15, -0.1) is 0 Å². The number of hydrogen-bond acceptors (Lipinski definition) is 6. The first-order chi connectivity index (χ1) is 34.8. The molecule has 0 aliphatic carbocycles. The first-order valence-corrected chi connectivity index (χ1v) is 33.4. The Bertz CT molecular complexity index is 2850. The molecule has 0 saturated carbocycles. The van der Waals surface area contributed by atoms with Gasteiger partial charge >= 0.3 is 17.2 Å². The highest BCUT2D eigenvalue weighted by molar-refractivity contribution is 7.45. The molecular weight excluding hydrogens is 1000 g/mol. The van der Waals surface area contributed by atoms with E-state index in [0.717, 1.165) is 72.7 Å². The predicted octanol–water partition coefficient (Wildman–Crippen LogP) is 20.6. The molecule has 9 heteroatoms. The van der Waals surface area contributed by atoms with E-state index in [1.54, 1.807) is 0 Å². The van der Waals surface area contributed by atoms with Crippen LogP contribution >= 0.6 is 17.2 Å². The molecule has 0 aromatic heterocycles. The average Bonchev–Trinajstić information content (AvgIpc) is 3.24. The summed E-state index contributed by atoms with van der Waals surface area (Å²) < 4.78 is 44.7. The van der Waals surface area contributed by atoms with E-state index in [1.165, 1.54) is 22.3 Å². The second-order valence-electron chi connectivity index (χ2n) is 31.2. The Morgan fingerprint density at radius 3 is 0.883 bits per heavy atom. The minimum Gasteiger partial charge on any atom is -0.418 e. The van der Waals surface area contributed by atoms with Crippen LogP contribution in [0.4, 0.5) is 0 Å². The molecule has 2 aliphatic heterocycles. The van der Waals surface area contributed by atoms with E-state index < -0.39 is 25.5 Å². The van der Waals surface area contributed by atoms with Crippen molar-refractivity contribution < 1.29 is 26.8 Å². The van der Waals surface area contributed by atoms with Crippen LogP contribution in [0.25, 0.3) is 0 Å². The lowest BCUT2D eigenvalue weighted by Gasteiger charge is -2.38. The quantitative estimate of drug-likeness (QED) is 0.129. The van der Waals surface area contributed by atoms with Gasteiger partial charge in [0.15, 0.2) is 0 Å². The largest absolute Gasteiger partial charge is 0.530 e. The van der Waals surface area contributed by atoms with E-state index in [0.29, 0.717) is 5.75 Å². The van der Waals surface area contributed by atoms with E-state index in [2.05, 4.69) is 254 Å². The zero-order valence-corrected chi connectivity index (χ0v) is 55.7. The molecule has 0 atom stereocenters. The fourth-order valence-electron chi connectivity index (χ4n) is 10.4. The van der Waals surface area contributed by atoms with E-state index in [9.17, 15) is 0 Å². The third kappa shape index (κ3) is 12.9. The molecule has 77 heavy (non-hydrogen) atoms. The summed E-state index contributed by atoms with van der Waals surface area (Å²) in [7, 11) is -7.21. The van der Waals surface area contributed by atoms with Crippen LogP contribution in [0.1, 0.15) is 259 Å². The Labute approximate surface area is 471 Å². The number of rotatable bonds is 5. The van der Waals surface area contributed by atoms with Gasteiger partial charge in [-0.2, -0.15) is 0 Å². The van der Waals surface area contributed by atoms with Gasteiger partial charge in [-0.05, 0) is 84.7 Å². The monoisotopic (exact) mass is 1100 g/mol. The van der Waals surface area contributed by atoms with Crippen LogP contribution in [0, 0.1) is 0 Å². The van der Waals surface area contributed by atoms with Crippen molar-refractivity contribution in [3.63, 3.8) is 0 Å². The average molecular weight is 1100 g/mol. The maximum atomic E-state index is 7.60. The second kappa shape index (κ2) is 20.3. The zero-order valence-electron chi connectivity index (χ0n) is 52.9. The SMILES string of the molecule is CC1c2cc(C(C)(C)C)cc(C(C)(C)C)c2OP(Oc2ccccc2[Si](C)(C)OP2Oc3c(cc(C(C)(C)C)cc3C(C)(C)C)C(C)c3cc(C(C)(C)C)cc(C(C)(C)C)c3O2)Oc2c1cc(C(C)(C)C)cc2C(C)(C)C. The minimum atomic E-state index is -3.06. The van der Waals surface area contributed by atoms with Crippen LogP contribution in [-0.2, 0) is 47.5 Å². The van der Waals surface area contributed by atoms with Gasteiger partial charge in [0.05, 0.1) is 0 Å². The molecule has 2 heterocycles. The van der Waals surface area contributed by atoms with Crippen molar-refractivity contribution in [3.8, 4) is 28.7 Å². The van der Waals surface area contributed by atoms with E-state index in [1.807, 2.05) is 12.1 Å². The molecule has 0 bridgehead atoms. The lowest BCUT2D eigenvalue weighted by atomic mass is 9.74. The highest BCUT2D eigenvalue weighted by Crippen LogP contribution is 2.59. The van der Waals surface area contributed by atoms with Crippen LogP contribution in [0.15, 0.2) is 72.8 Å². The zero-order chi connectivity index (χ0) is 57.9. The maximum Gasteiger partial charge on any atom is 0.530 e. The Hall–Kier alpha value is -3.86. The topological polar surface area (TPSA) is 55.4 Å². The van der Waals surface area contributed by atoms with Crippen LogP contribution in [0.5, 0.6) is 28.7 Å². The molecule has 5 aromatic rings. The summed E-state index contributed by atoms with van der Waals surface area (Å²) in [5, 5.41) is 0.952. The smallest absolute Gasteiger partial charge is 0.418 e. The van der Waals surface area contributed by atoms with Gasteiger partial charge in [0.25, 0.3) is 0 Å². The van der Waals surface area contributed by atoms with E-state index in [-0.39, 0.29) is 55.2 Å². The lowest BCUT2D eigenvalue weighted by molar-refractivity contribution is 0.364. The van der Waals surface area contributed by atoms with Crippen molar-refractivity contribution in [2.75, 3.05) is 0 Å². The second-order valence-corrected chi connectivity index (χ2v) is 37.3. The molecule has 0 fully saturated rings. The Kier molecular flexibility index (Phi) is 16.0. The molecule has 0 N–H and O–H groups in total. The third-order valence-electron chi connectivity index (χ3n) is 15.7. The lowest BCUT2D eigenvalue weighted by Crippen LogP contribution is -2.44. The van der Waals surface area contributed by atoms with Gasteiger partial charge in [-0.1, -0.05) is 247 Å². The first kappa shape index (κ1) is 60.8. The number of fused-ring (bicyclic) bond motifs is 4. The number of hydrogen-bond donors (Lipinski definition) is 0. The Balaban J connectivity index is 1.43. The molecule has 0 radical (unpaired) electrons. The van der Waals surface area contributed by atoms with Crippen molar-refractivity contribution in [3.05, 3.63) is 140 Å². The minimum absolute atomic E-state index is 0.0367. The highest BCUT2D eigenvalue weighted by atomic mass is 31.2. The molecule has 0 amide bonds. The molecule has 6 nitrogen and oxygen atoms in total. The summed E-state index contributed by atoms with van der Waals surface area (Å²) in [4.78, 5) is 0. The standard InChI is InChI=1S/C68H98O6P2Si/c1-41-47-33-43(61(3,4)5)37-51(65(15,16)17)57(47)70-75(71-58-48(41)34-44(62(6,7)8)38-52(58)66(18,19)20)69-55-31-29-30-32-56(55)77(27,28)74-76-72-59-49(35-45(63(9,10)11)39-53(59)67(21,22)23)42(2)50-36-46(64(12,13)14)40-54(60(50)73-76)68(24,25)26/h29-42H,1-28H3. The number of para-hydroxylation sites is 1. The van der Waals surface area contributed by atoms with Gasteiger partial charge in [0.2, 0.25) is 8.32 Å². The van der Waals surface area contributed by atoms with Crippen LogP contribution < -0.4 is 27.8 Å².